The second kappa shape index (κ2) is 2.54. The zero-order valence-electron chi connectivity index (χ0n) is 4.71. The van der Waals surface area contributed by atoms with Crippen molar-refractivity contribution in [2.45, 2.75) is 6.17 Å². The summed E-state index contributed by atoms with van der Waals surface area (Å²) in [5.41, 5.74) is 5.00. The van der Waals surface area contributed by atoms with Gasteiger partial charge in [-0.2, -0.15) is 5.10 Å². The molecule has 4 nitrogen and oxygen atoms in total. The topological polar surface area (TPSA) is 67.6 Å². The number of halogens is 1. The minimum Gasteiger partial charge on any atom is -0.327 e. The highest BCUT2D eigenvalue weighted by Gasteiger charge is 2.08. The van der Waals surface area contributed by atoms with Gasteiger partial charge in [0.25, 0.3) is 0 Å². The number of rotatable bonds is 2. The van der Waals surface area contributed by atoms with Gasteiger partial charge >= 0.3 is 0 Å². The van der Waals surface area contributed by atoms with E-state index in [2.05, 4.69) is 15.2 Å². The quantitative estimate of drug-likeness (QED) is 0.581. The summed E-state index contributed by atoms with van der Waals surface area (Å²) in [4.78, 5) is 3.57. The molecule has 0 aromatic carbocycles. The van der Waals surface area contributed by atoms with E-state index < -0.39 is 6.17 Å². The Morgan fingerprint density at radius 1 is 1.89 bits per heavy atom. The van der Waals surface area contributed by atoms with Gasteiger partial charge in [-0.1, -0.05) is 0 Å². The maximum absolute atomic E-state index is 12.4. The summed E-state index contributed by atoms with van der Waals surface area (Å²) in [7, 11) is 0. The Labute approximate surface area is 51.3 Å². The molecule has 0 saturated carbocycles. The molecule has 1 atom stereocenters. The van der Waals surface area contributed by atoms with E-state index in [-0.39, 0.29) is 12.4 Å². The van der Waals surface area contributed by atoms with Crippen molar-refractivity contribution in [3.8, 4) is 0 Å². The number of aromatic amines is 1. The Morgan fingerprint density at radius 2 is 2.67 bits per heavy atom. The van der Waals surface area contributed by atoms with Crippen LogP contribution in [0.3, 0.4) is 0 Å². The average molecular weight is 130 g/mol. The average Bonchev–Trinajstić information content (AvgIpc) is 2.37. The number of nitrogens with zero attached hydrogens (tertiary/aromatic N) is 2. The first kappa shape index (κ1) is 6.15. The van der Waals surface area contributed by atoms with Crippen molar-refractivity contribution >= 4 is 0 Å². The molecule has 1 unspecified atom stereocenters. The van der Waals surface area contributed by atoms with Gasteiger partial charge in [-0.3, -0.25) is 5.10 Å². The normalized spacial score (nSPS) is 13.6. The minimum atomic E-state index is -1.22. The van der Waals surface area contributed by atoms with Gasteiger partial charge in [-0.25, -0.2) is 9.37 Å². The van der Waals surface area contributed by atoms with Crippen molar-refractivity contribution in [3.63, 3.8) is 0 Å². The van der Waals surface area contributed by atoms with E-state index in [9.17, 15) is 4.39 Å². The third-order valence-electron chi connectivity index (χ3n) is 0.937. The highest BCUT2D eigenvalue weighted by atomic mass is 19.1. The monoisotopic (exact) mass is 130 g/mol. The Balaban J connectivity index is 2.65. The molecule has 5 heteroatoms. The third kappa shape index (κ3) is 1.23. The zero-order valence-corrected chi connectivity index (χ0v) is 4.71. The molecule has 0 radical (unpaired) electrons. The molecule has 0 aliphatic carbocycles. The van der Waals surface area contributed by atoms with E-state index in [1.54, 1.807) is 0 Å². The van der Waals surface area contributed by atoms with Crippen LogP contribution < -0.4 is 5.73 Å². The fraction of sp³-hybridized carbons (Fsp3) is 0.500. The molecule has 9 heavy (non-hydrogen) atoms. The Morgan fingerprint density at radius 3 is 3.11 bits per heavy atom. The molecule has 50 valence electrons. The van der Waals surface area contributed by atoms with E-state index >= 15 is 0 Å². The van der Waals surface area contributed by atoms with Gasteiger partial charge < -0.3 is 5.73 Å². The molecule has 0 spiro atoms. The van der Waals surface area contributed by atoms with Gasteiger partial charge in [0.1, 0.15) is 6.33 Å². The van der Waals surface area contributed by atoms with Gasteiger partial charge in [-0.05, 0) is 0 Å². The van der Waals surface area contributed by atoms with Crippen molar-refractivity contribution in [2.24, 2.45) is 5.73 Å². The maximum atomic E-state index is 12.4. The van der Waals surface area contributed by atoms with Crippen LogP contribution in [-0.4, -0.2) is 21.7 Å². The van der Waals surface area contributed by atoms with E-state index in [0.717, 1.165) is 0 Å². The number of alkyl halides is 1. The molecule has 1 rings (SSSR count). The van der Waals surface area contributed by atoms with Gasteiger partial charge in [0.2, 0.25) is 0 Å². The van der Waals surface area contributed by atoms with Crippen LogP contribution in [-0.2, 0) is 0 Å². The summed E-state index contributed by atoms with van der Waals surface area (Å²) in [5.74, 6) is 0.192. The van der Waals surface area contributed by atoms with Crippen LogP contribution in [0.25, 0.3) is 0 Å². The van der Waals surface area contributed by atoms with Gasteiger partial charge in [0.05, 0.1) is 0 Å². The molecule has 3 N–H and O–H groups in total. The van der Waals surface area contributed by atoms with Crippen LogP contribution in [0.2, 0.25) is 0 Å². The van der Waals surface area contributed by atoms with Crippen LogP contribution in [0, 0.1) is 0 Å². The molecular formula is C4H7FN4. The van der Waals surface area contributed by atoms with Crippen molar-refractivity contribution in [2.75, 3.05) is 6.54 Å². The summed E-state index contributed by atoms with van der Waals surface area (Å²) in [6, 6.07) is 0. The minimum absolute atomic E-state index is 0.0603. The van der Waals surface area contributed by atoms with Gasteiger partial charge in [0, 0.05) is 6.54 Å². The third-order valence-corrected chi connectivity index (χ3v) is 0.937. The lowest BCUT2D eigenvalue weighted by atomic mass is 10.4. The van der Waals surface area contributed by atoms with E-state index in [1.807, 2.05) is 0 Å². The predicted octanol–water partition coefficient (Wildman–Crippen LogP) is -0.226. The summed E-state index contributed by atoms with van der Waals surface area (Å²) in [6.07, 6.45) is 0.0323. The van der Waals surface area contributed by atoms with Crippen molar-refractivity contribution in [1.82, 2.24) is 15.2 Å². The molecular weight excluding hydrogens is 123 g/mol. The summed E-state index contributed by atoms with van der Waals surface area (Å²) >= 11 is 0. The van der Waals surface area contributed by atoms with E-state index in [4.69, 9.17) is 5.73 Å². The first-order valence-corrected chi connectivity index (χ1v) is 2.54. The van der Waals surface area contributed by atoms with Crippen molar-refractivity contribution in [1.29, 1.82) is 0 Å². The number of aromatic nitrogens is 3. The Kier molecular flexibility index (Phi) is 1.74. The highest BCUT2D eigenvalue weighted by molar-refractivity contribution is 4.86. The number of hydrogen-bond donors (Lipinski definition) is 2. The molecule has 1 heterocycles. The molecule has 1 aromatic rings. The second-order valence-corrected chi connectivity index (χ2v) is 1.57. The largest absolute Gasteiger partial charge is 0.327 e. The number of H-pyrrole nitrogens is 1. The lowest BCUT2D eigenvalue weighted by Crippen LogP contribution is -2.08. The fourth-order valence-corrected chi connectivity index (χ4v) is 0.477. The molecule has 0 saturated heterocycles. The number of hydrogen-bond acceptors (Lipinski definition) is 3. The van der Waals surface area contributed by atoms with Crippen molar-refractivity contribution in [3.05, 3.63) is 12.2 Å². The SMILES string of the molecule is NCC(F)c1ncn[nH]1. The molecule has 0 amide bonds. The lowest BCUT2D eigenvalue weighted by Gasteiger charge is -1.96. The predicted molar refractivity (Wildman–Crippen MR) is 29.3 cm³/mol. The molecule has 0 aliphatic rings. The first-order valence-electron chi connectivity index (χ1n) is 2.54. The Hall–Kier alpha value is -0.970. The van der Waals surface area contributed by atoms with E-state index in [1.165, 1.54) is 6.33 Å². The molecule has 0 bridgehead atoms. The smallest absolute Gasteiger partial charge is 0.171 e. The lowest BCUT2D eigenvalue weighted by molar-refractivity contribution is 0.337. The van der Waals surface area contributed by atoms with Crippen molar-refractivity contribution < 1.29 is 4.39 Å². The second-order valence-electron chi connectivity index (χ2n) is 1.57. The van der Waals surface area contributed by atoms with Crippen LogP contribution in [0.1, 0.15) is 12.0 Å². The number of nitrogens with two attached hydrogens (primary N) is 1. The maximum Gasteiger partial charge on any atom is 0.171 e. The van der Waals surface area contributed by atoms with Crippen LogP contribution >= 0.6 is 0 Å². The van der Waals surface area contributed by atoms with Crippen LogP contribution in [0.5, 0.6) is 0 Å². The van der Waals surface area contributed by atoms with E-state index in [0.29, 0.717) is 0 Å². The Bertz CT molecular complexity index is 161. The van der Waals surface area contributed by atoms with Crippen LogP contribution in [0.15, 0.2) is 6.33 Å². The van der Waals surface area contributed by atoms with Crippen LogP contribution in [0.4, 0.5) is 4.39 Å². The number of nitrogens with one attached hydrogen (secondary N) is 1. The van der Waals surface area contributed by atoms with Gasteiger partial charge in [-0.15, -0.1) is 0 Å². The standard InChI is InChI=1S/C4H7FN4/c5-3(1-6)4-7-2-8-9-4/h2-3H,1,6H2,(H,7,8,9). The van der Waals surface area contributed by atoms with Gasteiger partial charge in [0.15, 0.2) is 12.0 Å². The summed E-state index contributed by atoms with van der Waals surface area (Å²) < 4.78 is 12.4. The molecule has 0 aliphatic heterocycles. The molecule has 0 fully saturated rings. The fourth-order valence-electron chi connectivity index (χ4n) is 0.477. The highest BCUT2D eigenvalue weighted by Crippen LogP contribution is 2.07. The zero-order chi connectivity index (χ0) is 6.69. The summed E-state index contributed by atoms with van der Waals surface area (Å²) in [6.45, 7) is -0.0603. The molecule has 1 aromatic heterocycles. The summed E-state index contributed by atoms with van der Waals surface area (Å²) in [5, 5.41) is 5.83. The first-order chi connectivity index (χ1) is 4.34.